The fourth-order valence-electron chi connectivity index (χ4n) is 1.53. The van der Waals surface area contributed by atoms with Crippen LogP contribution in [0.25, 0.3) is 0 Å². The Morgan fingerprint density at radius 1 is 1.60 bits per heavy atom. The van der Waals surface area contributed by atoms with E-state index in [2.05, 4.69) is 17.2 Å². The topological polar surface area (TPSA) is 48.2 Å². The number of nitrogens with zero attached hydrogens (tertiary/aromatic N) is 1. The molecule has 0 aromatic carbocycles. The Kier molecular flexibility index (Phi) is 3.10. The Bertz CT molecular complexity index is 329. The lowest BCUT2D eigenvalue weighted by Crippen LogP contribution is -2.31. The molecular weight excluding hydrogens is 210 g/mol. The van der Waals surface area contributed by atoms with Gasteiger partial charge in [0.15, 0.2) is 0 Å². The molecule has 0 saturated heterocycles. The SMILES string of the molecule is CCC1=CNC(=NC2CC2)C(=N)C(Cl)C1. The van der Waals surface area contributed by atoms with Crippen LogP contribution in [0.1, 0.15) is 32.6 Å². The third kappa shape index (κ3) is 2.59. The quantitative estimate of drug-likeness (QED) is 0.697. The normalized spacial score (nSPS) is 29.7. The highest BCUT2D eigenvalue weighted by Crippen LogP contribution is 2.25. The van der Waals surface area contributed by atoms with E-state index < -0.39 is 0 Å². The van der Waals surface area contributed by atoms with Crippen LogP contribution in [0.5, 0.6) is 0 Å². The molecule has 1 aliphatic heterocycles. The maximum Gasteiger partial charge on any atom is 0.148 e. The van der Waals surface area contributed by atoms with Crippen LogP contribution in [0.3, 0.4) is 0 Å². The molecule has 1 fully saturated rings. The Morgan fingerprint density at radius 2 is 2.33 bits per heavy atom. The van der Waals surface area contributed by atoms with Crippen LogP contribution in [0.4, 0.5) is 0 Å². The Labute approximate surface area is 95.1 Å². The molecule has 1 unspecified atom stereocenters. The van der Waals surface area contributed by atoms with Gasteiger partial charge in [-0.1, -0.05) is 12.5 Å². The molecule has 0 radical (unpaired) electrons. The van der Waals surface area contributed by atoms with E-state index in [1.165, 1.54) is 5.57 Å². The van der Waals surface area contributed by atoms with Gasteiger partial charge in [0, 0.05) is 6.20 Å². The summed E-state index contributed by atoms with van der Waals surface area (Å²) in [6, 6.07) is 0.424. The molecular formula is C11H16ClN3. The number of aliphatic imine (C=N–C) groups is 1. The van der Waals surface area contributed by atoms with Gasteiger partial charge in [-0.2, -0.15) is 0 Å². The summed E-state index contributed by atoms with van der Waals surface area (Å²) >= 11 is 6.16. The van der Waals surface area contributed by atoms with Crippen molar-refractivity contribution in [2.45, 2.75) is 44.0 Å². The molecule has 0 bridgehead atoms. The van der Waals surface area contributed by atoms with E-state index in [9.17, 15) is 0 Å². The van der Waals surface area contributed by atoms with Crippen LogP contribution < -0.4 is 5.32 Å². The van der Waals surface area contributed by atoms with Crippen molar-refractivity contribution in [3.05, 3.63) is 11.8 Å². The summed E-state index contributed by atoms with van der Waals surface area (Å²) in [5.74, 6) is 0.668. The van der Waals surface area contributed by atoms with E-state index in [1.54, 1.807) is 0 Å². The minimum Gasteiger partial charge on any atom is -0.345 e. The first-order valence-corrected chi connectivity index (χ1v) is 5.89. The van der Waals surface area contributed by atoms with E-state index in [-0.39, 0.29) is 5.38 Å². The molecule has 0 aromatic rings. The second-order valence-electron chi connectivity index (χ2n) is 4.09. The average molecular weight is 226 g/mol. The largest absolute Gasteiger partial charge is 0.345 e. The van der Waals surface area contributed by atoms with Gasteiger partial charge >= 0.3 is 0 Å². The molecule has 0 amide bonds. The number of allylic oxidation sites excluding steroid dienone is 1. The third-order valence-corrected chi connectivity index (χ3v) is 3.11. The lowest BCUT2D eigenvalue weighted by molar-refractivity contribution is 0.931. The highest BCUT2D eigenvalue weighted by Gasteiger charge is 2.25. The van der Waals surface area contributed by atoms with E-state index >= 15 is 0 Å². The van der Waals surface area contributed by atoms with Crippen LogP contribution in [0.15, 0.2) is 16.8 Å². The molecule has 1 atom stereocenters. The van der Waals surface area contributed by atoms with Crippen LogP contribution in [-0.2, 0) is 0 Å². The number of nitrogens with one attached hydrogen (secondary N) is 2. The van der Waals surface area contributed by atoms with Crippen molar-refractivity contribution in [2.24, 2.45) is 4.99 Å². The predicted molar refractivity (Wildman–Crippen MR) is 64.0 cm³/mol. The minimum atomic E-state index is -0.233. The molecule has 15 heavy (non-hydrogen) atoms. The van der Waals surface area contributed by atoms with Gasteiger partial charge < -0.3 is 5.32 Å². The highest BCUT2D eigenvalue weighted by molar-refractivity contribution is 6.52. The smallest absolute Gasteiger partial charge is 0.148 e. The lowest BCUT2D eigenvalue weighted by atomic mass is 10.1. The molecule has 82 valence electrons. The van der Waals surface area contributed by atoms with Crippen molar-refractivity contribution in [1.29, 1.82) is 5.41 Å². The zero-order valence-corrected chi connectivity index (χ0v) is 9.64. The van der Waals surface area contributed by atoms with Crippen molar-refractivity contribution in [1.82, 2.24) is 5.32 Å². The monoisotopic (exact) mass is 225 g/mol. The number of alkyl halides is 1. The van der Waals surface area contributed by atoms with Crippen molar-refractivity contribution < 1.29 is 0 Å². The van der Waals surface area contributed by atoms with Gasteiger partial charge in [0.1, 0.15) is 5.84 Å². The third-order valence-electron chi connectivity index (χ3n) is 2.74. The Balaban J connectivity index is 2.16. The van der Waals surface area contributed by atoms with E-state index in [4.69, 9.17) is 17.0 Å². The molecule has 3 nitrogen and oxygen atoms in total. The summed E-state index contributed by atoms with van der Waals surface area (Å²) < 4.78 is 0. The van der Waals surface area contributed by atoms with Gasteiger partial charge in [-0.05, 0) is 25.7 Å². The Hall–Kier alpha value is -0.830. The summed E-state index contributed by atoms with van der Waals surface area (Å²) in [5, 5.41) is 10.8. The summed E-state index contributed by atoms with van der Waals surface area (Å²) in [7, 11) is 0. The first-order chi connectivity index (χ1) is 7.20. The van der Waals surface area contributed by atoms with Gasteiger partial charge in [0.05, 0.1) is 17.1 Å². The van der Waals surface area contributed by atoms with E-state index in [0.717, 1.165) is 25.7 Å². The number of hydrogen-bond acceptors (Lipinski definition) is 2. The van der Waals surface area contributed by atoms with Gasteiger partial charge in [0.25, 0.3) is 0 Å². The molecule has 0 spiro atoms. The maximum atomic E-state index is 7.92. The summed E-state index contributed by atoms with van der Waals surface area (Å²) in [5.41, 5.74) is 1.68. The number of rotatable bonds is 2. The van der Waals surface area contributed by atoms with E-state index in [1.807, 2.05) is 6.20 Å². The number of amidine groups is 1. The number of hydrogen-bond donors (Lipinski definition) is 2. The molecule has 1 aliphatic carbocycles. The van der Waals surface area contributed by atoms with Gasteiger partial charge in [-0.3, -0.25) is 10.4 Å². The fourth-order valence-corrected chi connectivity index (χ4v) is 1.83. The minimum absolute atomic E-state index is 0.233. The standard InChI is InChI=1S/C11H16ClN3/c1-2-7-5-9(12)10(13)11(14-6-7)15-8-3-4-8/h6,8-9,13H,2-5H2,1H3,(H,14,15). The maximum absolute atomic E-state index is 7.92. The summed E-state index contributed by atoms with van der Waals surface area (Å²) in [4.78, 5) is 4.46. The fraction of sp³-hybridized carbons (Fsp3) is 0.636. The zero-order chi connectivity index (χ0) is 10.8. The van der Waals surface area contributed by atoms with Crippen LogP contribution in [0.2, 0.25) is 0 Å². The highest BCUT2D eigenvalue weighted by atomic mass is 35.5. The summed E-state index contributed by atoms with van der Waals surface area (Å²) in [6.07, 6.45) is 5.98. The molecule has 1 heterocycles. The predicted octanol–water partition coefficient (Wildman–Crippen LogP) is 2.46. The lowest BCUT2D eigenvalue weighted by Gasteiger charge is -2.09. The Morgan fingerprint density at radius 3 is 2.93 bits per heavy atom. The molecule has 4 heteroatoms. The second-order valence-corrected chi connectivity index (χ2v) is 4.62. The average Bonchev–Trinajstić information content (AvgIpc) is 3.04. The second kappa shape index (κ2) is 4.35. The van der Waals surface area contributed by atoms with Crippen molar-refractivity contribution in [2.75, 3.05) is 0 Å². The van der Waals surface area contributed by atoms with Crippen molar-refractivity contribution in [3.8, 4) is 0 Å². The van der Waals surface area contributed by atoms with Gasteiger partial charge in [-0.25, -0.2) is 0 Å². The molecule has 1 saturated carbocycles. The molecule has 2 aliphatic rings. The van der Waals surface area contributed by atoms with Gasteiger partial charge in [-0.15, -0.1) is 11.6 Å². The number of halogens is 1. The molecule has 2 N–H and O–H groups in total. The first-order valence-electron chi connectivity index (χ1n) is 5.46. The summed E-state index contributed by atoms with van der Waals surface area (Å²) in [6.45, 7) is 2.10. The van der Waals surface area contributed by atoms with Crippen molar-refractivity contribution in [3.63, 3.8) is 0 Å². The van der Waals surface area contributed by atoms with Crippen molar-refractivity contribution >= 4 is 23.1 Å². The van der Waals surface area contributed by atoms with Crippen LogP contribution in [0, 0.1) is 5.41 Å². The van der Waals surface area contributed by atoms with Gasteiger partial charge in [0.2, 0.25) is 0 Å². The van der Waals surface area contributed by atoms with E-state index in [0.29, 0.717) is 17.6 Å². The first kappa shape index (κ1) is 10.7. The van der Waals surface area contributed by atoms with Crippen LogP contribution >= 0.6 is 11.6 Å². The molecule has 0 aromatic heterocycles. The zero-order valence-electron chi connectivity index (χ0n) is 8.89. The molecule has 2 rings (SSSR count). The van der Waals surface area contributed by atoms with Crippen LogP contribution in [-0.4, -0.2) is 23.0 Å².